The average Bonchev–Trinajstić information content (AvgIpc) is 2.69. The molecule has 0 saturated carbocycles. The molecule has 0 atom stereocenters. The molecule has 0 aliphatic rings. The van der Waals surface area contributed by atoms with E-state index in [1.807, 2.05) is 6.07 Å². The minimum absolute atomic E-state index is 0.125. The van der Waals surface area contributed by atoms with Crippen molar-refractivity contribution in [1.29, 1.82) is 0 Å². The van der Waals surface area contributed by atoms with Crippen molar-refractivity contribution in [3.63, 3.8) is 0 Å². The molecule has 26 heavy (non-hydrogen) atoms. The fourth-order valence-corrected chi connectivity index (χ4v) is 2.43. The average molecular weight is 345 g/mol. The molecule has 0 bridgehead atoms. The van der Waals surface area contributed by atoms with Crippen LogP contribution in [0.5, 0.6) is 0 Å². The van der Waals surface area contributed by atoms with Crippen molar-refractivity contribution in [2.75, 3.05) is 5.32 Å². The summed E-state index contributed by atoms with van der Waals surface area (Å²) >= 11 is 0. The number of anilines is 1. The van der Waals surface area contributed by atoms with E-state index in [2.05, 4.69) is 5.32 Å². The summed E-state index contributed by atoms with van der Waals surface area (Å²) in [6, 6.07) is 21.1. The Bertz CT molecular complexity index is 946. The van der Waals surface area contributed by atoms with Gasteiger partial charge in [0.2, 0.25) is 0 Å². The van der Waals surface area contributed by atoms with Crippen LogP contribution in [-0.2, 0) is 0 Å². The highest BCUT2D eigenvalue weighted by Crippen LogP contribution is 2.15. The monoisotopic (exact) mass is 345 g/mol. The minimum Gasteiger partial charge on any atom is -0.478 e. The summed E-state index contributed by atoms with van der Waals surface area (Å²) in [6.45, 7) is 0. The maximum atomic E-state index is 12.4. The van der Waals surface area contributed by atoms with Gasteiger partial charge in [-0.25, -0.2) is 4.79 Å². The lowest BCUT2D eigenvalue weighted by Gasteiger charge is -2.07. The summed E-state index contributed by atoms with van der Waals surface area (Å²) in [6.07, 6.45) is 0. The van der Waals surface area contributed by atoms with Crippen molar-refractivity contribution in [3.8, 4) is 0 Å². The molecule has 0 heterocycles. The van der Waals surface area contributed by atoms with Crippen LogP contribution in [0.1, 0.15) is 36.6 Å². The predicted molar refractivity (Wildman–Crippen MR) is 97.7 cm³/mol. The summed E-state index contributed by atoms with van der Waals surface area (Å²) in [5.41, 5.74) is 2.10. The van der Waals surface area contributed by atoms with Crippen LogP contribution in [0.3, 0.4) is 0 Å². The van der Waals surface area contributed by atoms with E-state index in [0.717, 1.165) is 0 Å². The minimum atomic E-state index is -1.04. The molecule has 0 unspecified atom stereocenters. The molecule has 0 aromatic heterocycles. The second-order valence-corrected chi connectivity index (χ2v) is 5.61. The summed E-state index contributed by atoms with van der Waals surface area (Å²) < 4.78 is 0. The molecular formula is C21H15NO4. The van der Waals surface area contributed by atoms with Crippen molar-refractivity contribution in [3.05, 3.63) is 101 Å². The smallest absolute Gasteiger partial charge is 0.335 e. The Kier molecular flexibility index (Phi) is 4.90. The predicted octanol–water partition coefficient (Wildman–Crippen LogP) is 3.87. The van der Waals surface area contributed by atoms with Crippen LogP contribution in [0.25, 0.3) is 0 Å². The summed E-state index contributed by atoms with van der Waals surface area (Å²) in [7, 11) is 0. The number of ketones is 1. The fourth-order valence-electron chi connectivity index (χ4n) is 2.43. The van der Waals surface area contributed by atoms with E-state index in [0.29, 0.717) is 22.4 Å². The maximum absolute atomic E-state index is 12.4. The molecule has 3 rings (SSSR count). The SMILES string of the molecule is O=C(O)c1ccc(C(=O)c2ccc(NC(=O)c3ccccc3)cc2)cc1. The van der Waals surface area contributed by atoms with E-state index in [9.17, 15) is 14.4 Å². The Balaban J connectivity index is 1.71. The summed E-state index contributed by atoms with van der Waals surface area (Å²) in [5, 5.41) is 11.7. The first-order valence-electron chi connectivity index (χ1n) is 7.89. The van der Waals surface area contributed by atoms with E-state index in [1.165, 1.54) is 24.3 Å². The lowest BCUT2D eigenvalue weighted by molar-refractivity contribution is 0.0696. The molecule has 2 N–H and O–H groups in total. The van der Waals surface area contributed by atoms with Gasteiger partial charge in [0.05, 0.1) is 5.56 Å². The van der Waals surface area contributed by atoms with E-state index in [4.69, 9.17) is 5.11 Å². The zero-order valence-electron chi connectivity index (χ0n) is 13.7. The van der Waals surface area contributed by atoms with Gasteiger partial charge in [0.25, 0.3) is 5.91 Å². The molecule has 0 fully saturated rings. The second kappa shape index (κ2) is 7.44. The van der Waals surface area contributed by atoms with Crippen LogP contribution in [-0.4, -0.2) is 22.8 Å². The van der Waals surface area contributed by atoms with Crippen LogP contribution in [0, 0.1) is 0 Å². The molecule has 0 radical (unpaired) electrons. The Hall–Kier alpha value is -3.73. The number of aromatic carboxylic acids is 1. The van der Waals surface area contributed by atoms with Gasteiger partial charge in [-0.15, -0.1) is 0 Å². The normalized spacial score (nSPS) is 10.2. The van der Waals surface area contributed by atoms with Gasteiger partial charge in [-0.1, -0.05) is 30.3 Å². The molecule has 5 nitrogen and oxygen atoms in total. The van der Waals surface area contributed by atoms with Gasteiger partial charge in [0, 0.05) is 22.4 Å². The Labute approximate surface area is 149 Å². The fraction of sp³-hybridized carbons (Fsp3) is 0. The maximum Gasteiger partial charge on any atom is 0.335 e. The number of amides is 1. The first-order valence-corrected chi connectivity index (χ1v) is 7.89. The molecule has 0 aliphatic carbocycles. The molecule has 0 saturated heterocycles. The van der Waals surface area contributed by atoms with Crippen molar-refractivity contribution in [1.82, 2.24) is 0 Å². The van der Waals surface area contributed by atoms with Gasteiger partial charge >= 0.3 is 5.97 Å². The van der Waals surface area contributed by atoms with Crippen LogP contribution in [0.4, 0.5) is 5.69 Å². The molecule has 3 aromatic carbocycles. The zero-order chi connectivity index (χ0) is 18.5. The lowest BCUT2D eigenvalue weighted by Crippen LogP contribution is -2.11. The third kappa shape index (κ3) is 3.84. The zero-order valence-corrected chi connectivity index (χ0v) is 13.7. The highest BCUT2D eigenvalue weighted by molar-refractivity contribution is 6.10. The van der Waals surface area contributed by atoms with Crippen LogP contribution in [0.2, 0.25) is 0 Å². The van der Waals surface area contributed by atoms with Crippen LogP contribution < -0.4 is 5.32 Å². The lowest BCUT2D eigenvalue weighted by atomic mass is 10.0. The number of hydrogen-bond donors (Lipinski definition) is 2. The highest BCUT2D eigenvalue weighted by Gasteiger charge is 2.11. The third-order valence-corrected chi connectivity index (χ3v) is 3.83. The Morgan fingerprint density at radius 1 is 0.615 bits per heavy atom. The van der Waals surface area contributed by atoms with Crippen LogP contribution in [0.15, 0.2) is 78.9 Å². The summed E-state index contributed by atoms with van der Waals surface area (Å²) in [4.78, 5) is 35.4. The Morgan fingerprint density at radius 3 is 1.65 bits per heavy atom. The van der Waals surface area contributed by atoms with Gasteiger partial charge in [-0.2, -0.15) is 0 Å². The molecule has 0 spiro atoms. The van der Waals surface area contributed by atoms with Gasteiger partial charge < -0.3 is 10.4 Å². The first-order chi connectivity index (χ1) is 12.5. The first kappa shape index (κ1) is 17.1. The standard InChI is InChI=1S/C21H15NO4/c23-19(14-6-8-17(9-7-14)21(25)26)15-10-12-18(13-11-15)22-20(24)16-4-2-1-3-5-16/h1-13H,(H,22,24)(H,25,26). The van der Waals surface area contributed by atoms with Gasteiger partial charge in [0.15, 0.2) is 5.78 Å². The Morgan fingerprint density at radius 2 is 1.12 bits per heavy atom. The second-order valence-electron chi connectivity index (χ2n) is 5.61. The summed E-state index contributed by atoms with van der Waals surface area (Å²) in [5.74, 6) is -1.49. The number of carboxylic acids is 1. The van der Waals surface area contributed by atoms with Crippen molar-refractivity contribution in [2.45, 2.75) is 0 Å². The molecule has 1 amide bonds. The van der Waals surface area contributed by atoms with Gasteiger partial charge in [-0.3, -0.25) is 9.59 Å². The van der Waals surface area contributed by atoms with Crippen molar-refractivity contribution in [2.24, 2.45) is 0 Å². The van der Waals surface area contributed by atoms with Gasteiger partial charge in [0.1, 0.15) is 0 Å². The van der Waals surface area contributed by atoms with Gasteiger partial charge in [-0.05, 0) is 48.5 Å². The van der Waals surface area contributed by atoms with E-state index >= 15 is 0 Å². The molecule has 3 aromatic rings. The number of rotatable bonds is 5. The highest BCUT2D eigenvalue weighted by atomic mass is 16.4. The molecule has 128 valence electrons. The topological polar surface area (TPSA) is 83.5 Å². The van der Waals surface area contributed by atoms with Crippen molar-refractivity contribution < 1.29 is 19.5 Å². The number of benzene rings is 3. The quantitative estimate of drug-likeness (QED) is 0.688. The van der Waals surface area contributed by atoms with Crippen molar-refractivity contribution >= 4 is 23.3 Å². The largest absolute Gasteiger partial charge is 0.478 e. The number of carbonyl (C=O) groups is 3. The van der Waals surface area contributed by atoms with E-state index in [-0.39, 0.29) is 17.3 Å². The van der Waals surface area contributed by atoms with Crippen LogP contribution >= 0.6 is 0 Å². The number of hydrogen-bond acceptors (Lipinski definition) is 3. The third-order valence-electron chi connectivity index (χ3n) is 3.83. The van der Waals surface area contributed by atoms with E-state index < -0.39 is 5.97 Å². The van der Waals surface area contributed by atoms with E-state index in [1.54, 1.807) is 48.5 Å². The number of nitrogens with one attached hydrogen (secondary N) is 1. The number of carboxylic acid groups (broad SMARTS) is 1. The number of carbonyl (C=O) groups excluding carboxylic acids is 2. The molecule has 0 aliphatic heterocycles. The molecule has 5 heteroatoms. The molecular weight excluding hydrogens is 330 g/mol.